The van der Waals surface area contributed by atoms with Crippen molar-refractivity contribution in [3.8, 4) is 5.75 Å². The van der Waals surface area contributed by atoms with E-state index in [4.69, 9.17) is 28.6 Å². The van der Waals surface area contributed by atoms with Gasteiger partial charge in [0.2, 0.25) is 0 Å². The fourth-order valence-corrected chi connectivity index (χ4v) is 2.52. The summed E-state index contributed by atoms with van der Waals surface area (Å²) in [5, 5.41) is 1.14. The molecule has 0 saturated heterocycles. The van der Waals surface area contributed by atoms with Crippen LogP contribution in [0.3, 0.4) is 0 Å². The van der Waals surface area contributed by atoms with Crippen molar-refractivity contribution in [2.75, 3.05) is 14.1 Å². The molecule has 0 aliphatic heterocycles. The molecule has 0 fully saturated rings. The predicted octanol–water partition coefficient (Wildman–Crippen LogP) is 5.29. The molecule has 0 aromatic heterocycles. The molecule has 0 unspecified atom stereocenters. The average Bonchev–Trinajstić information content (AvgIpc) is 2.51. The number of ether oxygens (including phenoxy) is 1. The number of thioether (sulfide) groups is 1. The summed E-state index contributed by atoms with van der Waals surface area (Å²) in [5.74, 6) is 0.720. The lowest BCUT2D eigenvalue weighted by atomic mass is 10.2. The highest BCUT2D eigenvalue weighted by Gasteiger charge is 2.10. The smallest absolute Gasteiger partial charge is 0.263 e. The van der Waals surface area contributed by atoms with E-state index in [1.165, 1.54) is 17.3 Å². The number of nitrogens with zero attached hydrogens (tertiary/aromatic N) is 2. The number of aliphatic imine (C=N–C) groups is 1. The van der Waals surface area contributed by atoms with Crippen molar-refractivity contribution in [1.29, 1.82) is 0 Å². The lowest BCUT2D eigenvalue weighted by Gasteiger charge is -2.14. The molecule has 2 aromatic rings. The fourth-order valence-electron chi connectivity index (χ4n) is 1.56. The summed E-state index contributed by atoms with van der Waals surface area (Å²) in [6.45, 7) is 2.03. The van der Waals surface area contributed by atoms with Crippen molar-refractivity contribution >= 4 is 50.8 Å². The third kappa shape index (κ3) is 5.86. The molecule has 0 aliphatic rings. The summed E-state index contributed by atoms with van der Waals surface area (Å²) in [5.41, 5.74) is 1.93. The van der Waals surface area contributed by atoms with Crippen LogP contribution in [0.5, 0.6) is 5.75 Å². The highest BCUT2D eigenvalue weighted by molar-refractivity contribution is 8.32. The van der Waals surface area contributed by atoms with E-state index in [0.717, 1.165) is 11.4 Å². The molecule has 3 nitrogen and oxygen atoms in total. The number of halogens is 1. The van der Waals surface area contributed by atoms with Gasteiger partial charge < -0.3 is 9.64 Å². The minimum Gasteiger partial charge on any atom is -0.433 e. The molecule has 0 spiro atoms. The van der Waals surface area contributed by atoms with Gasteiger partial charge in [-0.1, -0.05) is 41.5 Å². The van der Waals surface area contributed by atoms with E-state index in [1.54, 1.807) is 12.1 Å². The zero-order valence-electron chi connectivity index (χ0n) is 13.1. The van der Waals surface area contributed by atoms with Crippen LogP contribution in [-0.4, -0.2) is 28.5 Å². The van der Waals surface area contributed by atoms with Gasteiger partial charge in [-0.15, -0.1) is 0 Å². The first-order chi connectivity index (χ1) is 10.9. The van der Waals surface area contributed by atoms with Crippen molar-refractivity contribution in [3.63, 3.8) is 0 Å². The van der Waals surface area contributed by atoms with Crippen molar-refractivity contribution in [2.24, 2.45) is 4.99 Å². The van der Waals surface area contributed by atoms with Crippen LogP contribution in [0.2, 0.25) is 5.02 Å². The summed E-state index contributed by atoms with van der Waals surface area (Å²) in [6.07, 6.45) is 0. The summed E-state index contributed by atoms with van der Waals surface area (Å²) in [7, 11) is 3.78. The first kappa shape index (κ1) is 17.8. The van der Waals surface area contributed by atoms with Gasteiger partial charge >= 0.3 is 0 Å². The van der Waals surface area contributed by atoms with Crippen molar-refractivity contribution < 1.29 is 4.74 Å². The maximum Gasteiger partial charge on any atom is 0.263 e. The van der Waals surface area contributed by atoms with Crippen molar-refractivity contribution in [2.45, 2.75) is 6.92 Å². The normalized spacial score (nSPS) is 11.2. The quantitative estimate of drug-likeness (QED) is 0.410. The Kier molecular flexibility index (Phi) is 6.45. The molecule has 0 saturated carbocycles. The van der Waals surface area contributed by atoms with Crippen LogP contribution in [0.25, 0.3) is 0 Å². The number of hydrogen-bond donors (Lipinski definition) is 0. The largest absolute Gasteiger partial charge is 0.433 e. The molecule has 23 heavy (non-hydrogen) atoms. The Morgan fingerprint density at radius 3 is 2.26 bits per heavy atom. The predicted molar refractivity (Wildman–Crippen MR) is 104 cm³/mol. The van der Waals surface area contributed by atoms with Crippen molar-refractivity contribution in [1.82, 2.24) is 4.90 Å². The van der Waals surface area contributed by atoms with Gasteiger partial charge in [-0.25, -0.2) is 4.99 Å². The van der Waals surface area contributed by atoms with E-state index in [1.807, 2.05) is 62.3 Å². The van der Waals surface area contributed by atoms with E-state index >= 15 is 0 Å². The average molecular weight is 365 g/mol. The van der Waals surface area contributed by atoms with Gasteiger partial charge in [0.05, 0.1) is 5.69 Å². The molecule has 2 rings (SSSR count). The maximum absolute atomic E-state index is 5.91. The van der Waals surface area contributed by atoms with Gasteiger partial charge in [0.25, 0.3) is 5.23 Å². The van der Waals surface area contributed by atoms with Crippen LogP contribution >= 0.6 is 35.6 Å². The van der Waals surface area contributed by atoms with Crippen LogP contribution in [0.4, 0.5) is 5.69 Å². The fraction of sp³-hybridized carbons (Fsp3) is 0.176. The Morgan fingerprint density at radius 2 is 1.70 bits per heavy atom. The van der Waals surface area contributed by atoms with E-state index in [-0.39, 0.29) is 0 Å². The number of hydrogen-bond acceptors (Lipinski definition) is 4. The molecule has 6 heteroatoms. The summed E-state index contributed by atoms with van der Waals surface area (Å²) >= 11 is 12.5. The van der Waals surface area contributed by atoms with Gasteiger partial charge in [-0.2, -0.15) is 0 Å². The van der Waals surface area contributed by atoms with Gasteiger partial charge in [0.15, 0.2) is 0 Å². The first-order valence-corrected chi connectivity index (χ1v) is 8.52. The molecule has 0 N–H and O–H groups in total. The third-order valence-electron chi connectivity index (χ3n) is 2.81. The highest BCUT2D eigenvalue weighted by Crippen LogP contribution is 2.22. The maximum atomic E-state index is 5.91. The molecular weight excluding hydrogens is 348 g/mol. The summed E-state index contributed by atoms with van der Waals surface area (Å²) in [6, 6.07) is 15.0. The Bertz CT molecular complexity index is 698. The molecule has 0 radical (unpaired) electrons. The number of benzene rings is 2. The van der Waals surface area contributed by atoms with Crippen LogP contribution in [0.1, 0.15) is 5.56 Å². The second-order valence-corrected chi connectivity index (χ2v) is 7.05. The molecule has 2 aromatic carbocycles. The lowest BCUT2D eigenvalue weighted by Crippen LogP contribution is -2.19. The second kappa shape index (κ2) is 8.34. The number of rotatable bonds is 2. The monoisotopic (exact) mass is 364 g/mol. The zero-order chi connectivity index (χ0) is 16.8. The van der Waals surface area contributed by atoms with Gasteiger partial charge in [0, 0.05) is 19.1 Å². The molecule has 0 aliphatic carbocycles. The SMILES string of the molecule is Cc1ccc(OC(=Nc2ccc(Cl)cc2)SC(=S)N(C)C)cc1. The Morgan fingerprint density at radius 1 is 1.09 bits per heavy atom. The standard InChI is InChI=1S/C17H17ClN2OS2/c1-12-4-10-15(11-5-12)21-16(23-17(22)20(2)3)19-14-8-6-13(18)7-9-14/h4-11H,1-3H3. The van der Waals surface area contributed by atoms with Gasteiger partial charge in [-0.05, 0) is 55.1 Å². The molecular formula is C17H17ClN2OS2. The van der Waals surface area contributed by atoms with Gasteiger partial charge in [0.1, 0.15) is 10.1 Å². The Balaban J connectivity index is 2.25. The van der Waals surface area contributed by atoms with Crippen LogP contribution in [0, 0.1) is 6.92 Å². The van der Waals surface area contributed by atoms with E-state index in [9.17, 15) is 0 Å². The number of aryl methyl sites for hydroxylation is 1. The molecule has 0 bridgehead atoms. The minimum absolute atomic E-state index is 0.467. The molecule has 0 heterocycles. The second-order valence-electron chi connectivity index (χ2n) is 5.03. The lowest BCUT2D eigenvalue weighted by molar-refractivity contribution is 0.566. The first-order valence-electron chi connectivity index (χ1n) is 6.92. The van der Waals surface area contributed by atoms with Crippen molar-refractivity contribution in [3.05, 3.63) is 59.1 Å². The van der Waals surface area contributed by atoms with Crippen LogP contribution in [-0.2, 0) is 0 Å². The molecule has 0 atom stereocenters. The number of thiocarbonyl (C=S) groups is 1. The third-order valence-corrected chi connectivity index (χ3v) is 4.57. The van der Waals surface area contributed by atoms with Crippen LogP contribution < -0.4 is 4.74 Å². The van der Waals surface area contributed by atoms with Crippen LogP contribution in [0.15, 0.2) is 53.5 Å². The van der Waals surface area contributed by atoms with Gasteiger partial charge in [-0.3, -0.25) is 0 Å². The van der Waals surface area contributed by atoms with E-state index < -0.39 is 0 Å². The Hall–Kier alpha value is -1.56. The topological polar surface area (TPSA) is 24.8 Å². The molecule has 0 amide bonds. The molecule has 120 valence electrons. The summed E-state index contributed by atoms with van der Waals surface area (Å²) < 4.78 is 6.56. The Labute approximate surface area is 151 Å². The van der Waals surface area contributed by atoms with E-state index in [0.29, 0.717) is 14.6 Å². The summed E-state index contributed by atoms with van der Waals surface area (Å²) in [4.78, 5) is 6.37. The highest BCUT2D eigenvalue weighted by atomic mass is 35.5. The van der Waals surface area contributed by atoms with E-state index in [2.05, 4.69) is 4.99 Å². The minimum atomic E-state index is 0.467. The zero-order valence-corrected chi connectivity index (χ0v) is 15.5.